The maximum atomic E-state index is 12.5. The van der Waals surface area contributed by atoms with E-state index in [2.05, 4.69) is 34.1 Å². The third kappa shape index (κ3) is 9.21. The molecular weight excluding hydrogens is 489 g/mol. The lowest BCUT2D eigenvalue weighted by Crippen LogP contribution is -2.52. The SMILES string of the molecule is CC(C)N(C)[C@@H]1CC[C@H](NC(=O)CNC(=O)c2cc(OC(F)(F)F)ccc2N)[C@@H](CS(C)(=O)=O)C1. The van der Waals surface area contributed by atoms with Crippen LogP contribution in [-0.4, -0.2) is 75.2 Å². The van der Waals surface area contributed by atoms with Crippen LogP contribution in [0.4, 0.5) is 18.9 Å². The molecule has 0 saturated heterocycles. The predicted molar refractivity (Wildman–Crippen MR) is 126 cm³/mol. The van der Waals surface area contributed by atoms with Gasteiger partial charge in [-0.05, 0) is 64.3 Å². The summed E-state index contributed by atoms with van der Waals surface area (Å²) in [5.74, 6) is -2.38. The number of carbonyl (C=O) groups is 2. The van der Waals surface area contributed by atoms with Crippen molar-refractivity contribution in [3.63, 3.8) is 0 Å². The number of nitrogens with one attached hydrogen (secondary N) is 2. The van der Waals surface area contributed by atoms with Crippen LogP contribution in [0.25, 0.3) is 0 Å². The molecule has 0 aliphatic heterocycles. The molecular formula is C22H33F3N4O5S. The number of amides is 2. The van der Waals surface area contributed by atoms with Gasteiger partial charge in [-0.2, -0.15) is 0 Å². The zero-order chi connectivity index (χ0) is 26.6. The Kier molecular flexibility index (Phi) is 9.40. The summed E-state index contributed by atoms with van der Waals surface area (Å²) in [5, 5.41) is 5.13. The number of sulfone groups is 1. The summed E-state index contributed by atoms with van der Waals surface area (Å²) in [7, 11) is -1.30. The second-order valence-electron chi connectivity index (χ2n) is 9.23. The Morgan fingerprint density at radius 3 is 2.49 bits per heavy atom. The van der Waals surface area contributed by atoms with Gasteiger partial charge in [0.05, 0.1) is 17.9 Å². The van der Waals surface area contributed by atoms with Crippen LogP contribution < -0.4 is 21.1 Å². The maximum Gasteiger partial charge on any atom is 0.573 e. The number of nitrogens with two attached hydrogens (primary N) is 1. The number of halogens is 3. The molecule has 198 valence electrons. The lowest BCUT2D eigenvalue weighted by molar-refractivity contribution is -0.274. The van der Waals surface area contributed by atoms with Gasteiger partial charge in [0.25, 0.3) is 5.91 Å². The Bertz CT molecular complexity index is 1020. The molecule has 0 spiro atoms. The first-order valence-electron chi connectivity index (χ1n) is 11.2. The number of hydrogen-bond acceptors (Lipinski definition) is 7. The molecule has 0 radical (unpaired) electrons. The minimum absolute atomic E-state index is 0.0741. The normalized spacial score (nSPS) is 21.1. The Labute approximate surface area is 203 Å². The summed E-state index contributed by atoms with van der Waals surface area (Å²) < 4.78 is 65.1. The Morgan fingerprint density at radius 2 is 1.91 bits per heavy atom. The summed E-state index contributed by atoms with van der Waals surface area (Å²) in [5.41, 5.74) is 5.33. The van der Waals surface area contributed by atoms with Crippen molar-refractivity contribution >= 4 is 27.3 Å². The maximum absolute atomic E-state index is 12.5. The minimum Gasteiger partial charge on any atom is -0.406 e. The molecule has 4 N–H and O–H groups in total. The number of alkyl halides is 3. The average molecular weight is 523 g/mol. The zero-order valence-corrected chi connectivity index (χ0v) is 21.0. The van der Waals surface area contributed by atoms with E-state index >= 15 is 0 Å². The van der Waals surface area contributed by atoms with Crippen molar-refractivity contribution in [2.24, 2.45) is 5.92 Å². The van der Waals surface area contributed by atoms with Gasteiger partial charge in [0.2, 0.25) is 5.91 Å². The fourth-order valence-corrected chi connectivity index (χ4v) is 5.38. The highest BCUT2D eigenvalue weighted by Crippen LogP contribution is 2.30. The van der Waals surface area contributed by atoms with Crippen molar-refractivity contribution in [3.8, 4) is 5.75 Å². The third-order valence-electron chi connectivity index (χ3n) is 6.12. The molecule has 2 amide bonds. The van der Waals surface area contributed by atoms with E-state index < -0.39 is 40.3 Å². The van der Waals surface area contributed by atoms with Crippen molar-refractivity contribution in [1.29, 1.82) is 0 Å². The molecule has 1 aliphatic rings. The molecule has 35 heavy (non-hydrogen) atoms. The molecule has 13 heteroatoms. The van der Waals surface area contributed by atoms with E-state index in [-0.39, 0.29) is 41.0 Å². The van der Waals surface area contributed by atoms with Crippen LogP contribution in [0, 0.1) is 5.92 Å². The number of rotatable bonds is 9. The largest absolute Gasteiger partial charge is 0.573 e. The van der Waals surface area contributed by atoms with E-state index in [0.29, 0.717) is 12.8 Å². The number of nitrogen functional groups attached to an aromatic ring is 1. The van der Waals surface area contributed by atoms with Gasteiger partial charge in [-0.1, -0.05) is 0 Å². The van der Waals surface area contributed by atoms with Gasteiger partial charge in [-0.3, -0.25) is 9.59 Å². The molecule has 1 saturated carbocycles. The van der Waals surface area contributed by atoms with Crippen LogP contribution in [0.2, 0.25) is 0 Å². The zero-order valence-electron chi connectivity index (χ0n) is 20.2. The first-order chi connectivity index (χ1) is 16.1. The van der Waals surface area contributed by atoms with Crippen molar-refractivity contribution < 1.29 is 35.9 Å². The van der Waals surface area contributed by atoms with Gasteiger partial charge >= 0.3 is 6.36 Å². The van der Waals surface area contributed by atoms with Crippen LogP contribution in [0.1, 0.15) is 43.5 Å². The summed E-state index contributed by atoms with van der Waals surface area (Å²) >= 11 is 0. The molecule has 3 atom stereocenters. The standard InChI is InChI=1S/C22H33F3N4O5S/c1-13(2)29(3)15-5-8-19(14(9-15)12-35(4,32)33)28-20(30)11-27-21(31)17-10-16(6-7-18(17)26)34-22(23,24)25/h6-7,10,13-15,19H,5,8-9,11-12,26H2,1-4H3,(H,27,31)(H,28,30)/t14-,15-,19+/m1/s1. The third-order valence-corrected chi connectivity index (χ3v) is 7.15. The van der Waals surface area contributed by atoms with Crippen LogP contribution >= 0.6 is 0 Å². The fourth-order valence-electron chi connectivity index (χ4n) is 4.24. The second kappa shape index (κ2) is 11.5. The monoisotopic (exact) mass is 522 g/mol. The topological polar surface area (TPSA) is 131 Å². The van der Waals surface area contributed by atoms with Crippen LogP contribution in [-0.2, 0) is 14.6 Å². The molecule has 0 aromatic heterocycles. The molecule has 1 fully saturated rings. The molecule has 0 heterocycles. The summed E-state index contributed by atoms with van der Waals surface area (Å²) in [6.07, 6.45) is -1.83. The van der Waals surface area contributed by atoms with Gasteiger partial charge in [-0.25, -0.2) is 8.42 Å². The van der Waals surface area contributed by atoms with E-state index in [1.165, 1.54) is 0 Å². The quantitative estimate of drug-likeness (QED) is 0.423. The lowest BCUT2D eigenvalue weighted by atomic mass is 9.81. The van der Waals surface area contributed by atoms with Crippen molar-refractivity contribution in [2.75, 3.05) is 31.3 Å². The summed E-state index contributed by atoms with van der Waals surface area (Å²) in [6, 6.07) is 2.99. The smallest absolute Gasteiger partial charge is 0.406 e. The lowest BCUT2D eigenvalue weighted by Gasteiger charge is -2.41. The number of nitrogens with zero attached hydrogens (tertiary/aromatic N) is 1. The van der Waals surface area contributed by atoms with E-state index in [9.17, 15) is 31.2 Å². The second-order valence-corrected chi connectivity index (χ2v) is 11.4. The van der Waals surface area contributed by atoms with Crippen LogP contribution in [0.15, 0.2) is 18.2 Å². The van der Waals surface area contributed by atoms with E-state index in [0.717, 1.165) is 30.9 Å². The van der Waals surface area contributed by atoms with E-state index in [1.807, 2.05) is 7.05 Å². The molecule has 0 bridgehead atoms. The van der Waals surface area contributed by atoms with Crippen molar-refractivity contribution in [3.05, 3.63) is 23.8 Å². The number of benzene rings is 1. The van der Waals surface area contributed by atoms with Gasteiger partial charge in [0.1, 0.15) is 15.6 Å². The van der Waals surface area contributed by atoms with Crippen molar-refractivity contribution in [2.45, 2.75) is 57.6 Å². The highest BCUT2D eigenvalue weighted by atomic mass is 32.2. The van der Waals surface area contributed by atoms with Gasteiger partial charge < -0.3 is 26.0 Å². The Balaban J connectivity index is 2.01. The first kappa shape index (κ1) is 28.7. The van der Waals surface area contributed by atoms with Gasteiger partial charge in [0, 0.05) is 30.1 Å². The number of anilines is 1. The van der Waals surface area contributed by atoms with Crippen molar-refractivity contribution in [1.82, 2.24) is 15.5 Å². The highest BCUT2D eigenvalue weighted by molar-refractivity contribution is 7.90. The predicted octanol–water partition coefficient (Wildman–Crippen LogP) is 1.94. The Morgan fingerprint density at radius 1 is 1.26 bits per heavy atom. The minimum atomic E-state index is -4.94. The first-order valence-corrected chi connectivity index (χ1v) is 13.2. The number of hydrogen-bond donors (Lipinski definition) is 3. The van der Waals surface area contributed by atoms with E-state index in [1.54, 1.807) is 0 Å². The van der Waals surface area contributed by atoms with Crippen LogP contribution in [0.5, 0.6) is 5.75 Å². The molecule has 0 unspecified atom stereocenters. The van der Waals surface area contributed by atoms with Crippen LogP contribution in [0.3, 0.4) is 0 Å². The number of ether oxygens (including phenoxy) is 1. The highest BCUT2D eigenvalue weighted by Gasteiger charge is 2.35. The van der Waals surface area contributed by atoms with Gasteiger partial charge in [0.15, 0.2) is 0 Å². The molecule has 1 aromatic rings. The average Bonchev–Trinajstić information content (AvgIpc) is 2.72. The fraction of sp³-hybridized carbons (Fsp3) is 0.636. The van der Waals surface area contributed by atoms with Gasteiger partial charge in [-0.15, -0.1) is 13.2 Å². The molecule has 2 rings (SSSR count). The number of carbonyl (C=O) groups excluding carboxylic acids is 2. The molecule has 1 aromatic carbocycles. The summed E-state index contributed by atoms with van der Waals surface area (Å²) in [6.45, 7) is 3.65. The Hall–Kier alpha value is -2.54. The summed E-state index contributed by atoms with van der Waals surface area (Å²) in [4.78, 5) is 27.1. The molecule has 1 aliphatic carbocycles. The molecule has 9 nitrogen and oxygen atoms in total. The van der Waals surface area contributed by atoms with E-state index in [4.69, 9.17) is 5.73 Å².